The molecule has 2 aromatic heterocycles. The van der Waals surface area contributed by atoms with E-state index in [4.69, 9.17) is 16.6 Å². The fourth-order valence-electron chi connectivity index (χ4n) is 4.48. The Hall–Kier alpha value is -3.84. The predicted molar refractivity (Wildman–Crippen MR) is 129 cm³/mol. The maximum Gasteiger partial charge on any atom is 0.260 e. The molecule has 1 aliphatic carbocycles. The number of nitrogens with zero attached hydrogens (tertiary/aromatic N) is 5. The molecule has 8 heteroatoms. The van der Waals surface area contributed by atoms with Crippen molar-refractivity contribution in [3.8, 4) is 22.5 Å². The molecule has 1 fully saturated rings. The Morgan fingerprint density at radius 3 is 2.62 bits per heavy atom. The Morgan fingerprint density at radius 2 is 1.88 bits per heavy atom. The smallest absolute Gasteiger partial charge is 0.260 e. The van der Waals surface area contributed by atoms with E-state index in [1.54, 1.807) is 23.4 Å². The second-order valence-electron chi connectivity index (χ2n) is 8.79. The molecule has 0 spiro atoms. The maximum absolute atomic E-state index is 13.3. The first-order valence-electron chi connectivity index (χ1n) is 11.1. The Kier molecular flexibility index (Phi) is 4.81. The van der Waals surface area contributed by atoms with E-state index in [-0.39, 0.29) is 5.91 Å². The van der Waals surface area contributed by atoms with Crippen LogP contribution < -0.4 is 4.90 Å². The van der Waals surface area contributed by atoms with Crippen molar-refractivity contribution in [1.29, 1.82) is 0 Å². The number of benzene rings is 2. The molecule has 1 aliphatic heterocycles. The van der Waals surface area contributed by atoms with Crippen LogP contribution in [-0.4, -0.2) is 31.9 Å². The van der Waals surface area contributed by atoms with Crippen molar-refractivity contribution in [3.05, 3.63) is 82.3 Å². The molecule has 3 heterocycles. The molecular formula is C26H20ClN5O2. The fraction of sp³-hybridized carbons (Fsp3) is 0.192. The summed E-state index contributed by atoms with van der Waals surface area (Å²) in [7, 11) is 1.89. The van der Waals surface area contributed by atoms with Crippen LogP contribution in [0, 0.1) is 0 Å². The minimum atomic E-state index is -0.144. The van der Waals surface area contributed by atoms with Gasteiger partial charge in [-0.1, -0.05) is 29.8 Å². The van der Waals surface area contributed by atoms with Gasteiger partial charge in [0.15, 0.2) is 5.82 Å². The monoisotopic (exact) mass is 469 g/mol. The van der Waals surface area contributed by atoms with Gasteiger partial charge in [0.2, 0.25) is 0 Å². The van der Waals surface area contributed by atoms with Crippen molar-refractivity contribution < 1.29 is 9.59 Å². The van der Waals surface area contributed by atoms with Crippen LogP contribution in [0.5, 0.6) is 0 Å². The molecule has 7 nitrogen and oxygen atoms in total. The number of amides is 1. The van der Waals surface area contributed by atoms with E-state index in [1.807, 2.05) is 41.9 Å². The molecule has 0 unspecified atom stereocenters. The number of hydrogen-bond donors (Lipinski definition) is 0. The summed E-state index contributed by atoms with van der Waals surface area (Å²) in [5.41, 5.74) is 5.65. The van der Waals surface area contributed by atoms with Gasteiger partial charge in [-0.25, -0.2) is 4.98 Å². The molecule has 1 saturated carbocycles. The zero-order valence-corrected chi connectivity index (χ0v) is 19.2. The average Bonchev–Trinajstić information content (AvgIpc) is 3.54. The number of aryl methyl sites for hydroxylation is 1. The van der Waals surface area contributed by atoms with E-state index in [0.29, 0.717) is 40.3 Å². The van der Waals surface area contributed by atoms with Gasteiger partial charge in [-0.05, 0) is 59.9 Å². The average molecular weight is 470 g/mol. The van der Waals surface area contributed by atoms with Gasteiger partial charge in [-0.2, -0.15) is 0 Å². The topological polar surface area (TPSA) is 81.0 Å². The van der Waals surface area contributed by atoms with Crippen LogP contribution in [0.25, 0.3) is 22.5 Å². The third-order valence-electron chi connectivity index (χ3n) is 6.42. The van der Waals surface area contributed by atoms with Gasteiger partial charge >= 0.3 is 0 Å². The number of aldehydes is 1. The first-order valence-corrected chi connectivity index (χ1v) is 11.5. The fourth-order valence-corrected chi connectivity index (χ4v) is 4.65. The number of hydrogen-bond acceptors (Lipinski definition) is 5. The second-order valence-corrected chi connectivity index (χ2v) is 9.23. The largest absolute Gasteiger partial charge is 0.317 e. The number of fused-ring (bicyclic) bond motifs is 1. The third-order valence-corrected chi connectivity index (χ3v) is 6.66. The van der Waals surface area contributed by atoms with Crippen molar-refractivity contribution >= 4 is 29.6 Å². The minimum Gasteiger partial charge on any atom is -0.317 e. The second kappa shape index (κ2) is 7.88. The van der Waals surface area contributed by atoms with Crippen LogP contribution in [-0.2, 0) is 13.6 Å². The Morgan fingerprint density at radius 1 is 1.03 bits per heavy atom. The number of carbonyl (C=O) groups is 2. The van der Waals surface area contributed by atoms with Crippen molar-refractivity contribution in [2.75, 3.05) is 4.90 Å². The normalized spacial score (nSPS) is 15.0. The predicted octanol–water partition coefficient (Wildman–Crippen LogP) is 5.05. The van der Waals surface area contributed by atoms with E-state index in [1.165, 1.54) is 0 Å². The molecule has 0 radical (unpaired) electrons. The van der Waals surface area contributed by atoms with Crippen molar-refractivity contribution in [2.45, 2.75) is 25.3 Å². The molecule has 0 N–H and O–H groups in total. The first-order chi connectivity index (χ1) is 16.5. The van der Waals surface area contributed by atoms with Crippen LogP contribution in [0.15, 0.2) is 54.9 Å². The van der Waals surface area contributed by atoms with E-state index < -0.39 is 0 Å². The molecule has 34 heavy (non-hydrogen) atoms. The van der Waals surface area contributed by atoms with Gasteiger partial charge in [-0.3, -0.25) is 14.5 Å². The maximum atomic E-state index is 13.3. The highest BCUT2D eigenvalue weighted by molar-refractivity contribution is 6.31. The lowest BCUT2D eigenvalue weighted by molar-refractivity contribution is 0.0996. The van der Waals surface area contributed by atoms with Crippen LogP contribution in [0.4, 0.5) is 5.82 Å². The number of rotatable bonds is 5. The van der Waals surface area contributed by atoms with Crippen molar-refractivity contribution in [2.24, 2.45) is 7.05 Å². The van der Waals surface area contributed by atoms with Gasteiger partial charge in [0.25, 0.3) is 5.91 Å². The third kappa shape index (κ3) is 3.49. The highest BCUT2D eigenvalue weighted by Gasteiger charge is 2.32. The molecule has 1 amide bonds. The molecule has 6 rings (SSSR count). The number of halogens is 1. The summed E-state index contributed by atoms with van der Waals surface area (Å²) < 4.78 is 1.85. The van der Waals surface area contributed by atoms with Crippen molar-refractivity contribution in [3.63, 3.8) is 0 Å². The molecule has 2 aliphatic rings. The van der Waals surface area contributed by atoms with Crippen LogP contribution in [0.1, 0.15) is 50.7 Å². The lowest BCUT2D eigenvalue weighted by Crippen LogP contribution is -2.24. The standard InChI is InChI=1S/C26H20ClN5O2/c1-31-14-28-30-25(31)22-11-19(27)6-7-20(22)18-9-23(16-4-5-16)29-24(10-18)32-12-17-3-2-15(13-33)8-21(17)26(32)34/h2-3,6-11,13-14,16H,4-5,12H2,1H3. The van der Waals surface area contributed by atoms with Gasteiger partial charge in [0.05, 0.1) is 6.54 Å². The highest BCUT2D eigenvalue weighted by Crippen LogP contribution is 2.43. The van der Waals surface area contributed by atoms with Crippen LogP contribution in [0.3, 0.4) is 0 Å². The Balaban J connectivity index is 1.48. The van der Waals surface area contributed by atoms with Crippen molar-refractivity contribution in [1.82, 2.24) is 19.7 Å². The zero-order valence-electron chi connectivity index (χ0n) is 18.4. The first kappa shape index (κ1) is 20.7. The van der Waals surface area contributed by atoms with E-state index in [0.717, 1.165) is 47.1 Å². The summed E-state index contributed by atoms with van der Waals surface area (Å²) in [5.74, 6) is 1.56. The summed E-state index contributed by atoms with van der Waals surface area (Å²) in [5, 5.41) is 8.92. The summed E-state index contributed by atoms with van der Waals surface area (Å²) in [6.45, 7) is 0.421. The number of pyridine rings is 1. The SMILES string of the molecule is Cn1cnnc1-c1cc(Cl)ccc1-c1cc(C2CC2)nc(N2Cc3ccc(C=O)cc3C2=O)c1. The molecule has 168 valence electrons. The molecule has 0 atom stereocenters. The minimum absolute atomic E-state index is 0.144. The van der Waals surface area contributed by atoms with E-state index in [2.05, 4.69) is 16.3 Å². The molecule has 0 saturated heterocycles. The van der Waals surface area contributed by atoms with Gasteiger partial charge in [0.1, 0.15) is 18.4 Å². The number of anilines is 1. The molecular weight excluding hydrogens is 450 g/mol. The van der Waals surface area contributed by atoms with E-state index >= 15 is 0 Å². The van der Waals surface area contributed by atoms with Gasteiger partial charge in [-0.15, -0.1) is 10.2 Å². The Bertz CT molecular complexity index is 1470. The molecule has 0 bridgehead atoms. The molecule has 2 aromatic carbocycles. The summed E-state index contributed by atoms with van der Waals surface area (Å²) in [6, 6.07) is 15.0. The lowest BCUT2D eigenvalue weighted by atomic mass is 9.98. The Labute approximate surface area is 201 Å². The lowest BCUT2D eigenvalue weighted by Gasteiger charge is -2.18. The van der Waals surface area contributed by atoms with Crippen LogP contribution >= 0.6 is 11.6 Å². The number of carbonyl (C=O) groups excluding carboxylic acids is 2. The number of aromatic nitrogens is 4. The molecule has 4 aromatic rings. The highest BCUT2D eigenvalue weighted by atomic mass is 35.5. The zero-order chi connectivity index (χ0) is 23.4. The summed E-state index contributed by atoms with van der Waals surface area (Å²) >= 11 is 6.35. The van der Waals surface area contributed by atoms with Gasteiger partial charge < -0.3 is 4.57 Å². The van der Waals surface area contributed by atoms with Gasteiger partial charge in [0, 0.05) is 40.4 Å². The van der Waals surface area contributed by atoms with Crippen LogP contribution in [0.2, 0.25) is 5.02 Å². The quantitative estimate of drug-likeness (QED) is 0.382. The summed E-state index contributed by atoms with van der Waals surface area (Å²) in [6.07, 6.45) is 4.59. The summed E-state index contributed by atoms with van der Waals surface area (Å²) in [4.78, 5) is 31.1. The van der Waals surface area contributed by atoms with E-state index in [9.17, 15) is 9.59 Å².